The van der Waals surface area contributed by atoms with Crippen molar-refractivity contribution in [3.05, 3.63) is 83.0 Å². The van der Waals surface area contributed by atoms with Crippen molar-refractivity contribution in [2.24, 2.45) is 5.92 Å². The van der Waals surface area contributed by atoms with E-state index in [9.17, 15) is 4.79 Å². The van der Waals surface area contributed by atoms with Crippen LogP contribution in [-0.4, -0.2) is 42.6 Å². The summed E-state index contributed by atoms with van der Waals surface area (Å²) in [5.41, 5.74) is 4.60. The van der Waals surface area contributed by atoms with E-state index in [1.165, 1.54) is 24.1 Å². The zero-order valence-corrected chi connectivity index (χ0v) is 22.1. The first-order valence-corrected chi connectivity index (χ1v) is 13.8. The minimum Gasteiger partial charge on any atom is -0.362 e. The summed E-state index contributed by atoms with van der Waals surface area (Å²) in [6, 6.07) is 20.5. The van der Waals surface area contributed by atoms with Gasteiger partial charge in [0.1, 0.15) is 5.82 Å². The normalized spacial score (nSPS) is 19.2. The average molecular weight is 498 g/mol. The molecule has 1 heterocycles. The molecule has 0 spiro atoms. The molecule has 2 aliphatic carbocycles. The number of anilines is 2. The van der Waals surface area contributed by atoms with Gasteiger partial charge in [-0.1, -0.05) is 60.7 Å². The van der Waals surface area contributed by atoms with Gasteiger partial charge in [0, 0.05) is 32.2 Å². The molecule has 0 atom stereocenters. The second kappa shape index (κ2) is 11.8. The van der Waals surface area contributed by atoms with Crippen molar-refractivity contribution in [1.82, 2.24) is 15.3 Å². The largest absolute Gasteiger partial charge is 0.362 e. The first-order valence-electron chi connectivity index (χ1n) is 13.8. The van der Waals surface area contributed by atoms with Gasteiger partial charge in [-0.25, -0.2) is 4.98 Å². The summed E-state index contributed by atoms with van der Waals surface area (Å²) >= 11 is 0. The van der Waals surface area contributed by atoms with Crippen molar-refractivity contribution in [2.75, 3.05) is 30.9 Å². The predicted octanol–water partition coefficient (Wildman–Crippen LogP) is 5.34. The van der Waals surface area contributed by atoms with Crippen LogP contribution in [0.4, 0.5) is 11.8 Å². The van der Waals surface area contributed by atoms with Crippen molar-refractivity contribution in [3.63, 3.8) is 0 Å². The highest BCUT2D eigenvalue weighted by molar-refractivity contribution is 5.87. The van der Waals surface area contributed by atoms with Crippen molar-refractivity contribution < 1.29 is 4.79 Å². The molecule has 37 heavy (non-hydrogen) atoms. The molecular weight excluding hydrogens is 458 g/mol. The highest BCUT2D eigenvalue weighted by Gasteiger charge is 2.26. The van der Waals surface area contributed by atoms with Crippen LogP contribution in [0.15, 0.2) is 60.7 Å². The summed E-state index contributed by atoms with van der Waals surface area (Å²) in [7, 11) is 4.14. The van der Waals surface area contributed by atoms with Gasteiger partial charge >= 0.3 is 0 Å². The number of hydrogen-bond acceptors (Lipinski definition) is 5. The summed E-state index contributed by atoms with van der Waals surface area (Å²) in [5.74, 6) is 2.13. The molecule has 2 N–H and O–H groups in total. The lowest BCUT2D eigenvalue weighted by Gasteiger charge is -2.30. The minimum atomic E-state index is -0.285. The van der Waals surface area contributed by atoms with Crippen LogP contribution >= 0.6 is 0 Å². The van der Waals surface area contributed by atoms with E-state index in [0.717, 1.165) is 68.0 Å². The molecule has 2 aliphatic rings. The third-order valence-electron chi connectivity index (χ3n) is 7.86. The number of aromatic nitrogens is 2. The summed E-state index contributed by atoms with van der Waals surface area (Å²) < 4.78 is 0. The van der Waals surface area contributed by atoms with Gasteiger partial charge in [-0.2, -0.15) is 4.98 Å². The Morgan fingerprint density at radius 2 is 1.51 bits per heavy atom. The highest BCUT2D eigenvalue weighted by atomic mass is 16.1. The number of fused-ring (bicyclic) bond motifs is 1. The number of carbonyl (C=O) groups excluding carboxylic acids is 1. The molecule has 0 aliphatic heterocycles. The molecule has 1 fully saturated rings. The second-order valence-electron chi connectivity index (χ2n) is 10.8. The second-order valence-corrected chi connectivity index (χ2v) is 10.8. The quantitative estimate of drug-likeness (QED) is 0.440. The van der Waals surface area contributed by atoms with E-state index in [0.29, 0.717) is 12.0 Å². The molecule has 0 bridgehead atoms. The van der Waals surface area contributed by atoms with Gasteiger partial charge in [0.25, 0.3) is 0 Å². The molecule has 0 saturated heterocycles. The Morgan fingerprint density at radius 1 is 0.892 bits per heavy atom. The lowest BCUT2D eigenvalue weighted by atomic mass is 9.85. The lowest BCUT2D eigenvalue weighted by Crippen LogP contribution is -2.36. The summed E-state index contributed by atoms with van der Waals surface area (Å²) in [6.45, 7) is 0.724. The SMILES string of the molecule is CN(C)c1nc(N[C@H]2CC[C@@H](CNC(=O)C(c3ccccc3)c3ccccc3)CC2)nc2c1CCCC2. The van der Waals surface area contributed by atoms with Crippen LogP contribution in [0, 0.1) is 5.92 Å². The fourth-order valence-electron chi connectivity index (χ4n) is 5.84. The van der Waals surface area contributed by atoms with Gasteiger partial charge < -0.3 is 15.5 Å². The molecule has 0 radical (unpaired) electrons. The molecule has 6 heteroatoms. The van der Waals surface area contributed by atoms with Crippen molar-refractivity contribution in [2.45, 2.75) is 63.3 Å². The highest BCUT2D eigenvalue weighted by Crippen LogP contribution is 2.31. The number of benzene rings is 2. The average Bonchev–Trinajstić information content (AvgIpc) is 2.93. The first-order chi connectivity index (χ1) is 18.1. The lowest BCUT2D eigenvalue weighted by molar-refractivity contribution is -0.121. The fraction of sp³-hybridized carbons (Fsp3) is 0.452. The minimum absolute atomic E-state index is 0.0799. The molecule has 1 amide bonds. The van der Waals surface area contributed by atoms with Gasteiger partial charge in [0.05, 0.1) is 11.6 Å². The van der Waals surface area contributed by atoms with Gasteiger partial charge in [-0.05, 0) is 68.4 Å². The van der Waals surface area contributed by atoms with E-state index in [4.69, 9.17) is 9.97 Å². The Morgan fingerprint density at radius 3 is 2.14 bits per heavy atom. The molecule has 194 valence electrons. The molecule has 0 unspecified atom stereocenters. The van der Waals surface area contributed by atoms with Gasteiger partial charge in [0.15, 0.2) is 0 Å². The van der Waals surface area contributed by atoms with Gasteiger partial charge in [0.2, 0.25) is 11.9 Å². The van der Waals surface area contributed by atoms with Crippen molar-refractivity contribution in [3.8, 4) is 0 Å². The number of carbonyl (C=O) groups is 1. The first kappa shape index (κ1) is 25.2. The van der Waals surface area contributed by atoms with Crippen LogP contribution in [0.3, 0.4) is 0 Å². The van der Waals surface area contributed by atoms with Crippen molar-refractivity contribution >= 4 is 17.7 Å². The number of hydrogen-bond donors (Lipinski definition) is 2. The number of amides is 1. The van der Waals surface area contributed by atoms with Gasteiger partial charge in [-0.15, -0.1) is 0 Å². The Labute approximate surface area is 220 Å². The topological polar surface area (TPSA) is 70.2 Å². The van der Waals surface area contributed by atoms with E-state index in [1.54, 1.807) is 0 Å². The van der Waals surface area contributed by atoms with E-state index in [2.05, 4.69) is 29.6 Å². The number of nitrogens with one attached hydrogen (secondary N) is 2. The Bertz CT molecular complexity index is 1130. The van der Waals surface area contributed by atoms with Crippen LogP contribution in [-0.2, 0) is 17.6 Å². The maximum atomic E-state index is 13.4. The smallest absolute Gasteiger partial charge is 0.232 e. The van der Waals surface area contributed by atoms with Gasteiger partial charge in [-0.3, -0.25) is 4.79 Å². The summed E-state index contributed by atoms with van der Waals surface area (Å²) in [6.07, 6.45) is 8.88. The Balaban J connectivity index is 1.17. The fourth-order valence-corrected chi connectivity index (χ4v) is 5.84. The molecule has 2 aromatic carbocycles. The Hall–Kier alpha value is -3.41. The van der Waals surface area contributed by atoms with Crippen LogP contribution in [0.2, 0.25) is 0 Å². The van der Waals surface area contributed by atoms with E-state index in [1.807, 2.05) is 60.7 Å². The van der Waals surface area contributed by atoms with Crippen LogP contribution < -0.4 is 15.5 Å². The predicted molar refractivity (Wildman–Crippen MR) is 150 cm³/mol. The van der Waals surface area contributed by atoms with E-state index in [-0.39, 0.29) is 11.8 Å². The summed E-state index contributed by atoms with van der Waals surface area (Å²) in [5, 5.41) is 6.92. The van der Waals surface area contributed by atoms with Crippen LogP contribution in [0.5, 0.6) is 0 Å². The number of rotatable bonds is 8. The third kappa shape index (κ3) is 6.12. The maximum absolute atomic E-state index is 13.4. The molecular formula is C31H39N5O. The molecule has 5 rings (SSSR count). The maximum Gasteiger partial charge on any atom is 0.232 e. The zero-order valence-electron chi connectivity index (χ0n) is 22.1. The Kier molecular flexibility index (Phi) is 8.02. The van der Waals surface area contributed by atoms with Crippen LogP contribution in [0.25, 0.3) is 0 Å². The van der Waals surface area contributed by atoms with Crippen molar-refractivity contribution in [1.29, 1.82) is 0 Å². The number of nitrogens with zero attached hydrogens (tertiary/aromatic N) is 3. The number of aryl methyl sites for hydroxylation is 1. The van der Waals surface area contributed by atoms with E-state index < -0.39 is 0 Å². The third-order valence-corrected chi connectivity index (χ3v) is 7.86. The van der Waals surface area contributed by atoms with E-state index >= 15 is 0 Å². The molecule has 1 saturated carbocycles. The molecule has 1 aromatic heterocycles. The standard InChI is InChI=1S/C31H39N5O/c1-36(2)29-26-15-9-10-16-27(26)34-31(35-29)33-25-19-17-22(18-20-25)21-32-30(37)28(23-11-5-3-6-12-23)24-13-7-4-8-14-24/h3-8,11-14,22,25,28H,9-10,15-21H2,1-2H3,(H,32,37)(H,33,34,35)/t22-,25+. The van der Waals surface area contributed by atoms with Crippen LogP contribution in [0.1, 0.15) is 66.8 Å². The zero-order chi connectivity index (χ0) is 25.6. The summed E-state index contributed by atoms with van der Waals surface area (Å²) in [4.78, 5) is 25.3. The monoisotopic (exact) mass is 497 g/mol. The molecule has 3 aromatic rings. The molecule has 6 nitrogen and oxygen atoms in total.